The maximum absolute atomic E-state index is 11.9. The van der Waals surface area contributed by atoms with Gasteiger partial charge in [0.25, 0.3) is 0 Å². The highest BCUT2D eigenvalue weighted by atomic mass is 35.5. The van der Waals surface area contributed by atoms with E-state index in [4.69, 9.17) is 21.2 Å². The van der Waals surface area contributed by atoms with Gasteiger partial charge in [0.15, 0.2) is 17.0 Å². The first-order valence-electron chi connectivity index (χ1n) is 10.1. The summed E-state index contributed by atoms with van der Waals surface area (Å²) in [4.78, 5) is 32.5. The molecule has 0 N–H and O–H groups in total. The number of nitrogens with zero attached hydrogens (tertiary/aromatic N) is 7. The molecule has 1 fully saturated rings. The molecule has 0 spiro atoms. The van der Waals surface area contributed by atoms with Gasteiger partial charge in [-0.2, -0.15) is 15.2 Å². The summed E-state index contributed by atoms with van der Waals surface area (Å²) in [6, 6.07) is 9.28. The number of ether oxygens (including phenoxy) is 1. The average Bonchev–Trinajstić information content (AvgIpc) is 3.17. The lowest BCUT2D eigenvalue weighted by Gasteiger charge is -2.34. The zero-order valence-corrected chi connectivity index (χ0v) is 18.7. The molecule has 0 atom stereocenters. The molecule has 2 aromatic heterocycles. The monoisotopic (exact) mass is 455 g/mol. The molecule has 0 unspecified atom stereocenters. The smallest absolute Gasteiger partial charge is 0.427 e. The number of nitriles is 1. The first-order valence-corrected chi connectivity index (χ1v) is 10.4. The van der Waals surface area contributed by atoms with Gasteiger partial charge in [-0.3, -0.25) is 4.57 Å². The van der Waals surface area contributed by atoms with E-state index < -0.39 is 11.8 Å². The van der Waals surface area contributed by atoms with Gasteiger partial charge < -0.3 is 14.5 Å². The van der Waals surface area contributed by atoms with E-state index in [1.165, 1.54) is 0 Å². The van der Waals surface area contributed by atoms with Crippen molar-refractivity contribution in [2.45, 2.75) is 26.4 Å². The molecule has 0 bridgehead atoms. The summed E-state index contributed by atoms with van der Waals surface area (Å²) in [5.41, 5.74) is 1.31. The predicted molar refractivity (Wildman–Crippen MR) is 117 cm³/mol. The summed E-state index contributed by atoms with van der Waals surface area (Å²) in [5, 5.41) is 11.6. The van der Waals surface area contributed by atoms with Crippen LogP contribution >= 0.6 is 11.6 Å². The first kappa shape index (κ1) is 21.8. The lowest BCUT2D eigenvalue weighted by atomic mass is 10.2. The lowest BCUT2D eigenvalue weighted by Crippen LogP contribution is -2.47. The molecule has 32 heavy (non-hydrogen) atoms. The van der Waals surface area contributed by atoms with Crippen LogP contribution in [0, 0.1) is 11.3 Å². The third kappa shape index (κ3) is 4.74. The van der Waals surface area contributed by atoms with Gasteiger partial charge in [0.1, 0.15) is 18.0 Å². The van der Waals surface area contributed by atoms with Crippen LogP contribution in [-0.4, -0.2) is 62.5 Å². The zero-order valence-electron chi connectivity index (χ0n) is 17.9. The molecule has 3 heterocycles. The number of rotatable bonds is 3. The van der Waals surface area contributed by atoms with E-state index in [1.807, 2.05) is 23.1 Å². The van der Waals surface area contributed by atoms with Crippen molar-refractivity contribution in [2.24, 2.45) is 0 Å². The van der Waals surface area contributed by atoms with Crippen molar-refractivity contribution in [2.75, 3.05) is 31.1 Å². The van der Waals surface area contributed by atoms with E-state index in [2.05, 4.69) is 15.0 Å². The van der Waals surface area contributed by atoms with E-state index in [0.717, 1.165) is 5.69 Å². The fraction of sp³-hybridized carbons (Fsp3) is 0.381. The SMILES string of the molecule is CC(C)(C)OC(=O)ON1CCN(c2nc(C#N)nc3c2ncn3-c2ccc(Cl)cc2)CC1. The second-order valence-electron chi connectivity index (χ2n) is 8.22. The fourth-order valence-electron chi connectivity index (χ4n) is 3.31. The number of imidazole rings is 1. The predicted octanol–water partition coefficient (Wildman–Crippen LogP) is 3.33. The van der Waals surface area contributed by atoms with Crippen molar-refractivity contribution < 1.29 is 14.4 Å². The van der Waals surface area contributed by atoms with Gasteiger partial charge in [0, 0.05) is 23.8 Å². The Morgan fingerprint density at radius 3 is 2.44 bits per heavy atom. The van der Waals surface area contributed by atoms with Crippen LogP contribution in [0.25, 0.3) is 16.9 Å². The Bertz CT molecular complexity index is 1170. The highest BCUT2D eigenvalue weighted by Crippen LogP contribution is 2.26. The van der Waals surface area contributed by atoms with Gasteiger partial charge in [-0.15, -0.1) is 5.06 Å². The number of benzene rings is 1. The zero-order chi connectivity index (χ0) is 22.9. The Hall–Kier alpha value is -3.42. The van der Waals surface area contributed by atoms with Gasteiger partial charge in [-0.1, -0.05) is 11.6 Å². The molecule has 0 saturated carbocycles. The molecule has 0 radical (unpaired) electrons. The van der Waals surface area contributed by atoms with Crippen molar-refractivity contribution in [1.82, 2.24) is 24.6 Å². The maximum atomic E-state index is 11.9. The van der Waals surface area contributed by atoms with E-state index in [0.29, 0.717) is 48.2 Å². The number of carbonyl (C=O) groups excluding carboxylic acids is 1. The first-order chi connectivity index (χ1) is 15.2. The molecule has 0 amide bonds. The number of hydrogen-bond donors (Lipinski definition) is 0. The Morgan fingerprint density at radius 2 is 1.81 bits per heavy atom. The van der Waals surface area contributed by atoms with E-state index in [1.54, 1.807) is 48.9 Å². The summed E-state index contributed by atoms with van der Waals surface area (Å²) >= 11 is 6.00. The normalized spacial score (nSPS) is 14.9. The van der Waals surface area contributed by atoms with Crippen molar-refractivity contribution in [3.05, 3.63) is 41.4 Å². The molecule has 1 aliphatic rings. The molecular formula is C21H22ClN7O3. The third-order valence-corrected chi connectivity index (χ3v) is 4.97. The molecule has 3 aromatic rings. The van der Waals surface area contributed by atoms with E-state index in [9.17, 15) is 10.1 Å². The van der Waals surface area contributed by atoms with E-state index in [-0.39, 0.29) is 5.82 Å². The molecule has 1 saturated heterocycles. The van der Waals surface area contributed by atoms with Crippen molar-refractivity contribution >= 4 is 34.7 Å². The number of halogens is 1. The quantitative estimate of drug-likeness (QED) is 0.549. The summed E-state index contributed by atoms with van der Waals surface area (Å²) in [7, 11) is 0. The minimum atomic E-state index is -0.733. The Balaban J connectivity index is 1.56. The maximum Gasteiger partial charge on any atom is 0.528 e. The van der Waals surface area contributed by atoms with Crippen molar-refractivity contribution in [3.8, 4) is 11.8 Å². The molecule has 1 aromatic carbocycles. The second kappa shape index (κ2) is 8.61. The van der Waals surface area contributed by atoms with Crippen LogP contribution < -0.4 is 4.90 Å². The van der Waals surface area contributed by atoms with Crippen LogP contribution in [-0.2, 0) is 9.57 Å². The van der Waals surface area contributed by atoms with Crippen LogP contribution in [0.4, 0.5) is 10.6 Å². The largest absolute Gasteiger partial charge is 0.528 e. The lowest BCUT2D eigenvalue weighted by molar-refractivity contribution is -0.144. The van der Waals surface area contributed by atoms with Crippen molar-refractivity contribution in [1.29, 1.82) is 5.26 Å². The van der Waals surface area contributed by atoms with Gasteiger partial charge in [-0.25, -0.2) is 9.78 Å². The number of hydrogen-bond acceptors (Lipinski definition) is 9. The topological polar surface area (TPSA) is 109 Å². The van der Waals surface area contributed by atoms with Gasteiger partial charge in [-0.05, 0) is 45.0 Å². The Morgan fingerprint density at radius 1 is 1.12 bits per heavy atom. The minimum Gasteiger partial charge on any atom is -0.427 e. The second-order valence-corrected chi connectivity index (χ2v) is 8.65. The van der Waals surface area contributed by atoms with Gasteiger partial charge in [0.2, 0.25) is 5.82 Å². The number of hydroxylamine groups is 2. The summed E-state index contributed by atoms with van der Waals surface area (Å²) < 4.78 is 6.99. The van der Waals surface area contributed by atoms with Crippen LogP contribution in [0.3, 0.4) is 0 Å². The summed E-state index contributed by atoms with van der Waals surface area (Å²) in [5.74, 6) is 0.617. The summed E-state index contributed by atoms with van der Waals surface area (Å²) in [6.07, 6.45) is 0.915. The standard InChI is InChI=1S/C21H22ClN7O3/c1-21(2,3)31-20(30)32-28-10-8-27(9-11-28)18-17-19(26-16(12-23)25-18)29(13-24-17)15-6-4-14(22)5-7-15/h4-7,13H,8-11H2,1-3H3. The number of carbonyl (C=O) groups is 1. The fourth-order valence-corrected chi connectivity index (χ4v) is 3.44. The molecule has 11 heteroatoms. The van der Waals surface area contributed by atoms with Gasteiger partial charge in [0.05, 0.1) is 13.1 Å². The molecule has 1 aliphatic heterocycles. The molecular weight excluding hydrogens is 434 g/mol. The number of piperazine rings is 1. The Labute approximate surface area is 189 Å². The molecule has 166 valence electrons. The number of anilines is 1. The number of aromatic nitrogens is 4. The van der Waals surface area contributed by atoms with E-state index >= 15 is 0 Å². The van der Waals surface area contributed by atoms with Crippen molar-refractivity contribution in [3.63, 3.8) is 0 Å². The van der Waals surface area contributed by atoms with Crippen LogP contribution in [0.5, 0.6) is 0 Å². The Kier molecular flexibility index (Phi) is 5.86. The van der Waals surface area contributed by atoms with Crippen LogP contribution in [0.2, 0.25) is 5.02 Å². The number of fused-ring (bicyclic) bond motifs is 1. The van der Waals surface area contributed by atoms with Gasteiger partial charge >= 0.3 is 6.16 Å². The molecule has 10 nitrogen and oxygen atoms in total. The third-order valence-electron chi connectivity index (χ3n) is 4.71. The summed E-state index contributed by atoms with van der Waals surface area (Å²) in [6.45, 7) is 7.28. The molecule has 0 aliphatic carbocycles. The molecule has 4 rings (SSSR count). The minimum absolute atomic E-state index is 0.0515. The highest BCUT2D eigenvalue weighted by Gasteiger charge is 2.27. The highest BCUT2D eigenvalue weighted by molar-refractivity contribution is 6.30. The van der Waals surface area contributed by atoms with Crippen LogP contribution in [0.1, 0.15) is 26.6 Å². The van der Waals surface area contributed by atoms with Crippen LogP contribution in [0.15, 0.2) is 30.6 Å². The average molecular weight is 456 g/mol.